The van der Waals surface area contributed by atoms with Gasteiger partial charge in [-0.3, -0.25) is 0 Å². The van der Waals surface area contributed by atoms with Crippen molar-refractivity contribution in [1.29, 1.82) is 0 Å². The molecule has 0 heterocycles. The second-order valence-electron chi connectivity index (χ2n) is 4.59. The van der Waals surface area contributed by atoms with Gasteiger partial charge < -0.3 is 38.4 Å². The van der Waals surface area contributed by atoms with Gasteiger partial charge in [0.2, 0.25) is 0 Å². The van der Waals surface area contributed by atoms with Gasteiger partial charge in [0.15, 0.2) is 0 Å². The predicted octanol–water partition coefficient (Wildman–Crippen LogP) is 1.95. The fourth-order valence-corrected chi connectivity index (χ4v) is 0.844. The maximum absolute atomic E-state index is 10.8. The molecular formula is C14H21O4Y6-3. The fraction of sp³-hybridized carbons (Fsp3) is 0.500. The van der Waals surface area contributed by atoms with E-state index in [0.717, 1.165) is 0 Å². The Morgan fingerprint density at radius 1 is 0.583 bits per heavy atom. The second kappa shape index (κ2) is 30.1. The molecule has 0 rings (SSSR count). The van der Waals surface area contributed by atoms with Crippen molar-refractivity contribution in [2.75, 3.05) is 0 Å². The third kappa shape index (κ3) is 41.3. The zero-order valence-corrected chi connectivity index (χ0v) is 32.4. The van der Waals surface area contributed by atoms with E-state index in [1.807, 2.05) is 0 Å². The van der Waals surface area contributed by atoms with Crippen LogP contribution in [0.3, 0.4) is 0 Å². The molecule has 0 aliphatic heterocycles. The minimum atomic E-state index is -0.591. The fourth-order valence-electron chi connectivity index (χ4n) is 0.844. The number of hydrogen-bond donors (Lipinski definition) is 0. The van der Waals surface area contributed by atoms with E-state index in [9.17, 15) is 19.2 Å². The Bertz CT molecular complexity index is 332. The Kier molecular flexibility index (Phi) is 64.6. The minimum absolute atomic E-state index is 0. The van der Waals surface area contributed by atoms with E-state index in [-0.39, 0.29) is 219 Å². The first-order valence-corrected chi connectivity index (χ1v) is 5.55. The molecule has 6 radical (unpaired) electrons. The third-order valence-corrected chi connectivity index (χ3v) is 2.02. The van der Waals surface area contributed by atoms with Gasteiger partial charge in [-0.05, 0) is 45.0 Å². The van der Waals surface area contributed by atoms with E-state index in [2.05, 4.69) is 0 Å². The van der Waals surface area contributed by atoms with Gasteiger partial charge in [0.25, 0.3) is 0 Å². The first-order valence-electron chi connectivity index (χ1n) is 5.55. The summed E-state index contributed by atoms with van der Waals surface area (Å²) in [7, 11) is 0. The maximum atomic E-state index is 10.8. The van der Waals surface area contributed by atoms with Crippen LogP contribution in [0.25, 0.3) is 0 Å². The van der Waals surface area contributed by atoms with Gasteiger partial charge in [-0.1, -0.05) is 19.3 Å². The van der Waals surface area contributed by atoms with Gasteiger partial charge in [0.05, 0.1) is 0 Å². The van der Waals surface area contributed by atoms with Crippen LogP contribution in [0.5, 0.6) is 0 Å². The van der Waals surface area contributed by atoms with Crippen molar-refractivity contribution in [2.45, 2.75) is 41.5 Å². The smallest absolute Gasteiger partial charge is 0.108 e. The molecule has 0 aromatic rings. The number of Topliss-reactive ketones (excluding diaryl/α,β-unsaturated/α-hetero) is 4. The van der Waals surface area contributed by atoms with Crippen LogP contribution in [-0.2, 0) is 215 Å². The zero-order valence-electron chi connectivity index (χ0n) is 15.3. The largest absolute Gasteiger partial charge is 0.468 e. The van der Waals surface area contributed by atoms with Gasteiger partial charge in [-0.25, -0.2) is 0 Å². The number of carbonyl (C=O) groups is 4. The second-order valence-corrected chi connectivity index (χ2v) is 4.59. The zero-order chi connectivity index (χ0) is 14.9. The molecule has 10 heteroatoms. The van der Waals surface area contributed by atoms with Crippen molar-refractivity contribution >= 4 is 23.1 Å². The van der Waals surface area contributed by atoms with Crippen LogP contribution < -0.4 is 0 Å². The molecule has 122 valence electrons. The monoisotopic (exact) mass is 787 g/mol. The average molecular weight is 787 g/mol. The van der Waals surface area contributed by atoms with Crippen molar-refractivity contribution < 1.29 is 215 Å². The van der Waals surface area contributed by atoms with Crippen LogP contribution >= 0.6 is 0 Å². The summed E-state index contributed by atoms with van der Waals surface area (Å²) >= 11 is 0. The van der Waals surface area contributed by atoms with Crippen LogP contribution in [0.15, 0.2) is 0 Å². The Morgan fingerprint density at radius 2 is 0.833 bits per heavy atom. The average Bonchev–Trinajstić information content (AvgIpc) is 2.13. The molecule has 0 aromatic heterocycles. The molecule has 4 nitrogen and oxygen atoms in total. The molecule has 0 amide bonds. The molecule has 0 aromatic carbocycles. The summed E-state index contributed by atoms with van der Waals surface area (Å²) in [5.74, 6) is -0.233. The van der Waals surface area contributed by atoms with Crippen molar-refractivity contribution in [1.82, 2.24) is 0 Å². The predicted molar refractivity (Wildman–Crippen MR) is 69.4 cm³/mol. The number of ketones is 4. The SMILES string of the molecule is CC(=O)[CH-]C(C)(C)C(C)=O.CC(=O)[CH-][CH-]C(C)=O.[Y].[Y].[Y].[Y].[Y].[Y]. The Hall–Kier alpha value is 4.91. The van der Waals surface area contributed by atoms with Gasteiger partial charge >= 0.3 is 0 Å². The summed E-state index contributed by atoms with van der Waals surface area (Å²) in [6.45, 7) is 9.20. The van der Waals surface area contributed by atoms with E-state index in [1.165, 1.54) is 47.0 Å². The molecule has 0 aliphatic carbocycles. The van der Waals surface area contributed by atoms with Crippen LogP contribution in [-0.4, -0.2) is 23.1 Å². The molecule has 0 spiro atoms. The quantitative estimate of drug-likeness (QED) is 0.387. The van der Waals surface area contributed by atoms with E-state index < -0.39 is 5.41 Å². The number of carbonyl (C=O) groups excluding carboxylic acids is 4. The maximum Gasteiger partial charge on any atom is 0.108 e. The Balaban J connectivity index is -0.0000000288. The molecule has 0 fully saturated rings. The third-order valence-electron chi connectivity index (χ3n) is 2.02. The van der Waals surface area contributed by atoms with Gasteiger partial charge in [0, 0.05) is 196 Å². The molecule has 0 saturated carbocycles. The summed E-state index contributed by atoms with van der Waals surface area (Å²) in [6.07, 6.45) is 3.94. The van der Waals surface area contributed by atoms with E-state index in [1.54, 1.807) is 13.8 Å². The molecule has 0 unspecified atom stereocenters. The number of hydrogen-bond acceptors (Lipinski definition) is 4. The normalized spacial score (nSPS) is 7.08. The molecule has 0 atom stereocenters. The molecule has 0 saturated heterocycles. The van der Waals surface area contributed by atoms with Crippen molar-refractivity contribution in [3.05, 3.63) is 19.3 Å². The summed E-state index contributed by atoms with van der Waals surface area (Å²) in [4.78, 5) is 41.6. The van der Waals surface area contributed by atoms with Gasteiger partial charge in [-0.15, -0.1) is 0 Å². The van der Waals surface area contributed by atoms with E-state index in [0.29, 0.717) is 0 Å². The molecular weight excluding hydrogens is 766 g/mol. The van der Waals surface area contributed by atoms with E-state index in [4.69, 9.17) is 0 Å². The summed E-state index contributed by atoms with van der Waals surface area (Å²) in [6, 6.07) is 0. The van der Waals surface area contributed by atoms with Crippen molar-refractivity contribution in [3.63, 3.8) is 0 Å². The van der Waals surface area contributed by atoms with E-state index >= 15 is 0 Å². The van der Waals surface area contributed by atoms with Crippen LogP contribution in [0.1, 0.15) is 41.5 Å². The molecule has 24 heavy (non-hydrogen) atoms. The molecule has 0 bridgehead atoms. The minimum Gasteiger partial charge on any atom is -0.468 e. The van der Waals surface area contributed by atoms with Crippen LogP contribution in [0, 0.1) is 24.7 Å². The van der Waals surface area contributed by atoms with Crippen LogP contribution in [0.4, 0.5) is 0 Å². The molecule has 0 aliphatic rings. The Morgan fingerprint density at radius 3 is 0.917 bits per heavy atom. The summed E-state index contributed by atoms with van der Waals surface area (Å²) in [5.41, 5.74) is -0.591. The number of rotatable bonds is 6. The first-order chi connectivity index (χ1) is 7.99. The van der Waals surface area contributed by atoms with Gasteiger partial charge in [0.1, 0.15) is 5.78 Å². The summed E-state index contributed by atoms with van der Waals surface area (Å²) < 4.78 is 0. The Labute approximate surface area is 297 Å². The van der Waals surface area contributed by atoms with Crippen molar-refractivity contribution in [2.24, 2.45) is 5.41 Å². The molecule has 0 N–H and O–H groups in total. The van der Waals surface area contributed by atoms with Crippen molar-refractivity contribution in [3.8, 4) is 0 Å². The topological polar surface area (TPSA) is 68.3 Å². The first kappa shape index (κ1) is 51.5. The van der Waals surface area contributed by atoms with Gasteiger partial charge in [-0.2, -0.15) is 0 Å². The summed E-state index contributed by atoms with van der Waals surface area (Å²) in [5, 5.41) is 0. The van der Waals surface area contributed by atoms with Crippen LogP contribution in [0.2, 0.25) is 0 Å². The standard InChI is InChI=1S/C8H13O2.C6H8O2.6Y/c1-6(9)5-8(3,4)7(2)10;1-5(7)3-4-6(2)8;;;;;;/h5H,1-4H3;3-4H,1-2H3;;;;;;/q-1;-2;;;;;;.